The molecule has 0 bridgehead atoms. The van der Waals surface area contributed by atoms with Crippen molar-refractivity contribution in [2.75, 3.05) is 0 Å². The molecule has 0 aromatic rings. The molecule has 0 aromatic heterocycles. The lowest BCUT2D eigenvalue weighted by atomic mass is 10.1. The Labute approximate surface area is 167 Å². The quantitative estimate of drug-likeness (QED) is 0.135. The van der Waals surface area contributed by atoms with Crippen molar-refractivity contribution in [2.24, 2.45) is 0 Å². The molecule has 0 rings (SSSR count). The molecule has 0 saturated carbocycles. The molecule has 0 radical (unpaired) electrons. The van der Waals surface area contributed by atoms with Crippen LogP contribution in [0.5, 0.6) is 0 Å². The van der Waals surface area contributed by atoms with E-state index in [0.29, 0.717) is 19.3 Å². The summed E-state index contributed by atoms with van der Waals surface area (Å²) in [5.74, 6) is -0.502. The highest BCUT2D eigenvalue weighted by Gasteiger charge is 2.16. The van der Waals surface area contributed by atoms with E-state index in [4.69, 9.17) is 9.47 Å². The van der Waals surface area contributed by atoms with E-state index < -0.39 is 6.29 Å². The number of ether oxygens (including phenoxy) is 2. The van der Waals surface area contributed by atoms with Crippen LogP contribution in [0.2, 0.25) is 0 Å². The van der Waals surface area contributed by atoms with Gasteiger partial charge in [0, 0.05) is 19.3 Å². The molecule has 4 heteroatoms. The zero-order chi connectivity index (χ0) is 20.2. The van der Waals surface area contributed by atoms with Crippen LogP contribution < -0.4 is 0 Å². The average Bonchev–Trinajstić information content (AvgIpc) is 2.66. The minimum absolute atomic E-state index is 0.251. The Bertz CT molecular complexity index is 322. The van der Waals surface area contributed by atoms with Gasteiger partial charge in [-0.05, 0) is 12.8 Å². The fourth-order valence-electron chi connectivity index (χ4n) is 3.05. The lowest BCUT2D eigenvalue weighted by Gasteiger charge is -2.16. The predicted molar refractivity (Wildman–Crippen MR) is 111 cm³/mol. The van der Waals surface area contributed by atoms with Crippen molar-refractivity contribution in [3.8, 4) is 0 Å². The third-order valence-electron chi connectivity index (χ3n) is 4.83. The van der Waals surface area contributed by atoms with Crippen LogP contribution in [0, 0.1) is 0 Å². The van der Waals surface area contributed by atoms with Crippen molar-refractivity contribution in [3.63, 3.8) is 0 Å². The van der Waals surface area contributed by atoms with Crippen molar-refractivity contribution in [1.82, 2.24) is 0 Å². The molecule has 0 aliphatic heterocycles. The maximum Gasteiger partial charge on any atom is 0.308 e. The molecule has 0 saturated heterocycles. The minimum Gasteiger partial charge on any atom is -0.425 e. The first-order valence-corrected chi connectivity index (χ1v) is 11.5. The van der Waals surface area contributed by atoms with Crippen LogP contribution in [-0.4, -0.2) is 18.2 Å². The van der Waals surface area contributed by atoms with E-state index in [1.807, 2.05) is 6.92 Å². The molecule has 0 spiro atoms. The van der Waals surface area contributed by atoms with E-state index in [9.17, 15) is 9.59 Å². The van der Waals surface area contributed by atoms with Crippen molar-refractivity contribution < 1.29 is 19.1 Å². The fraction of sp³-hybridized carbons (Fsp3) is 0.913. The number of esters is 2. The molecule has 0 aromatic carbocycles. The molecule has 0 amide bonds. The summed E-state index contributed by atoms with van der Waals surface area (Å²) in [6, 6.07) is 0. The van der Waals surface area contributed by atoms with Crippen LogP contribution >= 0.6 is 0 Å². The summed E-state index contributed by atoms with van der Waals surface area (Å²) in [4.78, 5) is 23.8. The topological polar surface area (TPSA) is 52.6 Å². The van der Waals surface area contributed by atoms with Gasteiger partial charge in [-0.2, -0.15) is 0 Å². The van der Waals surface area contributed by atoms with Gasteiger partial charge >= 0.3 is 11.9 Å². The first kappa shape index (κ1) is 25.9. The Morgan fingerprint density at radius 1 is 0.556 bits per heavy atom. The predicted octanol–water partition coefficient (Wildman–Crippen LogP) is 7.09. The van der Waals surface area contributed by atoms with E-state index in [2.05, 4.69) is 13.8 Å². The third-order valence-corrected chi connectivity index (χ3v) is 4.83. The second-order valence-electron chi connectivity index (χ2n) is 7.56. The third kappa shape index (κ3) is 18.1. The van der Waals surface area contributed by atoms with Gasteiger partial charge in [-0.25, -0.2) is 0 Å². The molecule has 160 valence electrons. The van der Waals surface area contributed by atoms with Gasteiger partial charge < -0.3 is 9.47 Å². The van der Waals surface area contributed by atoms with Gasteiger partial charge in [0.1, 0.15) is 0 Å². The molecule has 0 atom stereocenters. The van der Waals surface area contributed by atoms with Gasteiger partial charge in [-0.15, -0.1) is 0 Å². The van der Waals surface area contributed by atoms with Crippen LogP contribution in [-0.2, 0) is 19.1 Å². The Morgan fingerprint density at radius 2 is 0.889 bits per heavy atom. The normalized spacial score (nSPS) is 11.0. The van der Waals surface area contributed by atoms with E-state index >= 15 is 0 Å². The molecule has 27 heavy (non-hydrogen) atoms. The first-order chi connectivity index (χ1) is 13.1. The Balaban J connectivity index is 3.70. The van der Waals surface area contributed by atoms with Crippen molar-refractivity contribution in [2.45, 2.75) is 136 Å². The summed E-state index contributed by atoms with van der Waals surface area (Å²) >= 11 is 0. The molecule has 0 fully saturated rings. The summed E-state index contributed by atoms with van der Waals surface area (Å²) in [7, 11) is 0. The summed E-state index contributed by atoms with van der Waals surface area (Å²) in [6.45, 7) is 6.29. The zero-order valence-electron chi connectivity index (χ0n) is 18.2. The fourth-order valence-corrected chi connectivity index (χ4v) is 3.05. The lowest BCUT2D eigenvalue weighted by Crippen LogP contribution is -2.23. The van der Waals surface area contributed by atoms with E-state index in [1.54, 1.807) is 0 Å². The number of carbonyl (C=O) groups excluding carboxylic acids is 2. The second-order valence-corrected chi connectivity index (χ2v) is 7.56. The number of hydrogen-bond donors (Lipinski definition) is 0. The van der Waals surface area contributed by atoms with Gasteiger partial charge in [0.15, 0.2) is 0 Å². The number of hydrogen-bond acceptors (Lipinski definition) is 4. The highest BCUT2D eigenvalue weighted by molar-refractivity contribution is 5.71. The largest absolute Gasteiger partial charge is 0.425 e. The molecule has 0 aliphatic rings. The van der Waals surface area contributed by atoms with Crippen LogP contribution in [0.15, 0.2) is 0 Å². The Kier molecular flexibility index (Phi) is 18.9. The van der Waals surface area contributed by atoms with Gasteiger partial charge in [-0.3, -0.25) is 9.59 Å². The lowest BCUT2D eigenvalue weighted by molar-refractivity contribution is -0.188. The van der Waals surface area contributed by atoms with Crippen LogP contribution in [0.3, 0.4) is 0 Å². The highest BCUT2D eigenvalue weighted by Crippen LogP contribution is 2.12. The Hall–Kier alpha value is -1.06. The molecular formula is C23H44O4. The zero-order valence-corrected chi connectivity index (χ0v) is 18.2. The SMILES string of the molecule is CCCCCCCCCC(=O)OC(CC)OC(=O)CCCCCCCCC. The summed E-state index contributed by atoms with van der Waals surface area (Å²) in [6.07, 6.45) is 17.0. The smallest absolute Gasteiger partial charge is 0.308 e. The van der Waals surface area contributed by atoms with Gasteiger partial charge in [-0.1, -0.05) is 97.8 Å². The molecule has 0 unspecified atom stereocenters. The molecule has 4 nitrogen and oxygen atoms in total. The standard InChI is InChI=1S/C23H44O4/c1-4-7-9-11-13-15-17-19-21(24)26-23(6-3)27-22(25)20-18-16-14-12-10-8-5-2/h23H,4-20H2,1-3H3. The van der Waals surface area contributed by atoms with Crippen LogP contribution in [0.1, 0.15) is 130 Å². The first-order valence-electron chi connectivity index (χ1n) is 11.5. The summed E-state index contributed by atoms with van der Waals surface area (Å²) in [5.41, 5.74) is 0. The number of rotatable bonds is 19. The highest BCUT2D eigenvalue weighted by atomic mass is 16.7. The minimum atomic E-state index is -0.723. The Morgan fingerprint density at radius 3 is 1.22 bits per heavy atom. The molecular weight excluding hydrogens is 340 g/mol. The maximum atomic E-state index is 11.9. The van der Waals surface area contributed by atoms with Crippen molar-refractivity contribution >= 4 is 11.9 Å². The summed E-state index contributed by atoms with van der Waals surface area (Å²) < 4.78 is 10.6. The van der Waals surface area contributed by atoms with Gasteiger partial charge in [0.25, 0.3) is 0 Å². The summed E-state index contributed by atoms with van der Waals surface area (Å²) in [5, 5.41) is 0. The van der Waals surface area contributed by atoms with Crippen molar-refractivity contribution in [1.29, 1.82) is 0 Å². The second kappa shape index (κ2) is 19.7. The van der Waals surface area contributed by atoms with E-state index in [1.165, 1.54) is 64.2 Å². The molecule has 0 N–H and O–H groups in total. The van der Waals surface area contributed by atoms with Gasteiger partial charge in [0.2, 0.25) is 6.29 Å². The number of unbranched alkanes of at least 4 members (excludes halogenated alkanes) is 12. The monoisotopic (exact) mass is 384 g/mol. The maximum absolute atomic E-state index is 11.9. The average molecular weight is 385 g/mol. The molecule has 0 aliphatic carbocycles. The van der Waals surface area contributed by atoms with Crippen LogP contribution in [0.25, 0.3) is 0 Å². The molecule has 0 heterocycles. The number of carbonyl (C=O) groups is 2. The van der Waals surface area contributed by atoms with E-state index in [-0.39, 0.29) is 11.9 Å². The van der Waals surface area contributed by atoms with Crippen LogP contribution in [0.4, 0.5) is 0 Å². The van der Waals surface area contributed by atoms with Gasteiger partial charge in [0.05, 0.1) is 0 Å². The van der Waals surface area contributed by atoms with E-state index in [0.717, 1.165) is 25.7 Å². The van der Waals surface area contributed by atoms with Crippen molar-refractivity contribution in [3.05, 3.63) is 0 Å².